The van der Waals surface area contributed by atoms with Crippen LogP contribution in [-0.4, -0.2) is 18.2 Å². The van der Waals surface area contributed by atoms with Gasteiger partial charge in [-0.15, -0.1) is 0 Å². The summed E-state index contributed by atoms with van der Waals surface area (Å²) in [5.74, 6) is 0.811. The zero-order chi connectivity index (χ0) is 25.7. The molecule has 188 valence electrons. The topological polar surface area (TPSA) is 55.8 Å². The fourth-order valence-corrected chi connectivity index (χ4v) is 5.14. The van der Waals surface area contributed by atoms with Gasteiger partial charge < -0.3 is 14.6 Å². The van der Waals surface area contributed by atoms with Crippen LogP contribution in [0.1, 0.15) is 69.1 Å². The summed E-state index contributed by atoms with van der Waals surface area (Å²) in [6.45, 7) is 7.10. The van der Waals surface area contributed by atoms with Crippen molar-refractivity contribution in [2.45, 2.75) is 59.0 Å². The number of carbonyl (C=O) groups is 1. The van der Waals surface area contributed by atoms with E-state index >= 15 is 0 Å². The van der Waals surface area contributed by atoms with E-state index in [9.17, 15) is 9.90 Å². The van der Waals surface area contributed by atoms with Gasteiger partial charge in [-0.1, -0.05) is 63.2 Å². The van der Waals surface area contributed by atoms with E-state index in [1.807, 2.05) is 43.3 Å². The first-order valence-corrected chi connectivity index (χ1v) is 12.7. The first kappa shape index (κ1) is 25.6. The highest BCUT2D eigenvalue weighted by atomic mass is 16.5. The summed E-state index contributed by atoms with van der Waals surface area (Å²) in [4.78, 5) is 11.2. The molecular formula is C32H36O4. The Kier molecular flexibility index (Phi) is 7.83. The van der Waals surface area contributed by atoms with Crippen molar-refractivity contribution in [1.29, 1.82) is 0 Å². The maximum Gasteiger partial charge on any atom is 0.303 e. The Balaban J connectivity index is 1.62. The molecule has 4 nitrogen and oxygen atoms in total. The molecule has 0 radical (unpaired) electrons. The summed E-state index contributed by atoms with van der Waals surface area (Å²) >= 11 is 0. The molecule has 1 atom stereocenters. The second-order valence-electron chi connectivity index (χ2n) is 10.2. The zero-order valence-electron chi connectivity index (χ0n) is 21.7. The molecule has 4 rings (SSSR count). The van der Waals surface area contributed by atoms with Crippen molar-refractivity contribution >= 4 is 11.5 Å². The lowest BCUT2D eigenvalue weighted by Gasteiger charge is -2.25. The van der Waals surface area contributed by atoms with E-state index in [-0.39, 0.29) is 17.8 Å². The van der Waals surface area contributed by atoms with Gasteiger partial charge in [-0.05, 0) is 94.3 Å². The van der Waals surface area contributed by atoms with Gasteiger partial charge >= 0.3 is 5.97 Å². The third kappa shape index (κ3) is 5.81. The van der Waals surface area contributed by atoms with E-state index in [1.54, 1.807) is 7.11 Å². The minimum absolute atomic E-state index is 0.0173. The third-order valence-electron chi connectivity index (χ3n) is 7.25. The maximum atomic E-state index is 11.2. The van der Waals surface area contributed by atoms with Crippen LogP contribution in [0.15, 0.2) is 72.8 Å². The first-order valence-electron chi connectivity index (χ1n) is 12.7. The van der Waals surface area contributed by atoms with Crippen molar-refractivity contribution in [2.75, 3.05) is 7.11 Å². The smallest absolute Gasteiger partial charge is 0.303 e. The van der Waals surface area contributed by atoms with Gasteiger partial charge in [-0.25, -0.2) is 0 Å². The van der Waals surface area contributed by atoms with Crippen molar-refractivity contribution in [3.05, 3.63) is 89.5 Å². The Morgan fingerprint density at radius 1 is 1.00 bits per heavy atom. The van der Waals surface area contributed by atoms with Gasteiger partial charge in [0.1, 0.15) is 18.1 Å². The molecule has 0 bridgehead atoms. The fraction of sp³-hybridized carbons (Fsp3) is 0.344. The van der Waals surface area contributed by atoms with Crippen LogP contribution in [0.25, 0.3) is 16.7 Å². The molecule has 0 fully saturated rings. The molecule has 0 saturated carbocycles. The second kappa shape index (κ2) is 11.0. The minimum Gasteiger partial charge on any atom is -0.497 e. The largest absolute Gasteiger partial charge is 0.497 e. The number of carboxylic acid groups (broad SMARTS) is 1. The highest BCUT2D eigenvalue weighted by molar-refractivity contribution is 5.85. The van der Waals surface area contributed by atoms with Gasteiger partial charge in [0.05, 0.1) is 13.5 Å². The average Bonchev–Trinajstić information content (AvgIpc) is 3.24. The van der Waals surface area contributed by atoms with Gasteiger partial charge in [0.15, 0.2) is 0 Å². The van der Waals surface area contributed by atoms with Crippen molar-refractivity contribution in [2.24, 2.45) is 5.41 Å². The summed E-state index contributed by atoms with van der Waals surface area (Å²) in [6.07, 6.45) is 5.50. The average molecular weight is 485 g/mol. The lowest BCUT2D eigenvalue weighted by molar-refractivity contribution is -0.137. The standard InChI is InChI=1S/C32H36O4/c1-5-23(20-31(33)34)24-9-6-12-27(18-24)36-21-22-14-15-28(25-10-7-11-26(19-25)35-4)29(17-22)30-13-8-16-32(30,2)3/h6-7,9-15,17-19,23H,5,8,16,20-21H2,1-4H3,(H,33,34)/t23-/m1/s1. The molecule has 0 saturated heterocycles. The fourth-order valence-electron chi connectivity index (χ4n) is 5.14. The number of benzene rings is 3. The van der Waals surface area contributed by atoms with Crippen LogP contribution in [-0.2, 0) is 11.4 Å². The molecule has 1 aliphatic rings. The van der Waals surface area contributed by atoms with Crippen LogP contribution in [0.4, 0.5) is 0 Å². The van der Waals surface area contributed by atoms with Crippen LogP contribution < -0.4 is 9.47 Å². The highest BCUT2D eigenvalue weighted by Gasteiger charge is 2.30. The predicted molar refractivity (Wildman–Crippen MR) is 145 cm³/mol. The van der Waals surface area contributed by atoms with E-state index in [0.29, 0.717) is 6.61 Å². The Labute approximate surface area is 214 Å². The van der Waals surface area contributed by atoms with E-state index in [1.165, 1.54) is 16.7 Å². The lowest BCUT2D eigenvalue weighted by Crippen LogP contribution is -2.10. The van der Waals surface area contributed by atoms with Gasteiger partial charge in [0.2, 0.25) is 0 Å². The Morgan fingerprint density at radius 2 is 1.78 bits per heavy atom. The third-order valence-corrected chi connectivity index (χ3v) is 7.25. The molecule has 3 aromatic rings. The number of carboxylic acids is 1. The SMILES string of the molecule is CC[C@H](CC(=O)O)c1cccc(OCc2ccc(-c3cccc(OC)c3)c(C3=CCCC3(C)C)c2)c1. The Bertz CT molecular complexity index is 1250. The first-order chi connectivity index (χ1) is 17.3. The van der Waals surface area contributed by atoms with E-state index < -0.39 is 5.97 Å². The summed E-state index contributed by atoms with van der Waals surface area (Å²) in [6, 6.07) is 22.6. The molecule has 0 spiro atoms. The minimum atomic E-state index is -0.777. The Hall–Kier alpha value is -3.53. The van der Waals surface area contributed by atoms with Crippen LogP contribution in [0.3, 0.4) is 0 Å². The molecule has 3 aromatic carbocycles. The molecule has 4 heteroatoms. The van der Waals surface area contributed by atoms with Crippen LogP contribution in [0.2, 0.25) is 0 Å². The molecule has 0 aromatic heterocycles. The number of methoxy groups -OCH3 is 1. The van der Waals surface area contributed by atoms with Gasteiger partial charge in [0, 0.05) is 0 Å². The van der Waals surface area contributed by atoms with Gasteiger partial charge in [-0.3, -0.25) is 4.79 Å². The number of hydrogen-bond acceptors (Lipinski definition) is 3. The Morgan fingerprint density at radius 3 is 2.47 bits per heavy atom. The molecule has 1 N–H and O–H groups in total. The molecular weight excluding hydrogens is 448 g/mol. The number of rotatable bonds is 10. The van der Waals surface area contributed by atoms with Crippen LogP contribution in [0, 0.1) is 5.41 Å². The number of hydrogen-bond donors (Lipinski definition) is 1. The van der Waals surface area contributed by atoms with Crippen molar-refractivity contribution in [3.63, 3.8) is 0 Å². The lowest BCUT2D eigenvalue weighted by atomic mass is 9.79. The number of ether oxygens (including phenoxy) is 2. The summed E-state index contributed by atoms with van der Waals surface area (Å²) in [7, 11) is 1.70. The van der Waals surface area contributed by atoms with Crippen LogP contribution in [0.5, 0.6) is 11.5 Å². The quantitative estimate of drug-likeness (QED) is 0.316. The molecule has 0 unspecified atom stereocenters. The maximum absolute atomic E-state index is 11.2. The monoisotopic (exact) mass is 484 g/mol. The molecule has 0 aliphatic heterocycles. The second-order valence-corrected chi connectivity index (χ2v) is 10.2. The van der Waals surface area contributed by atoms with Gasteiger partial charge in [0.25, 0.3) is 0 Å². The van der Waals surface area contributed by atoms with Crippen LogP contribution >= 0.6 is 0 Å². The molecule has 0 heterocycles. The van der Waals surface area contributed by atoms with Crippen molar-refractivity contribution < 1.29 is 19.4 Å². The normalized spacial score (nSPS) is 15.3. The number of aliphatic carboxylic acids is 1. The number of allylic oxidation sites excluding steroid dienone is 2. The molecule has 36 heavy (non-hydrogen) atoms. The van der Waals surface area contributed by atoms with E-state index in [0.717, 1.165) is 47.5 Å². The van der Waals surface area contributed by atoms with Gasteiger partial charge in [-0.2, -0.15) is 0 Å². The van der Waals surface area contributed by atoms with E-state index in [2.05, 4.69) is 50.3 Å². The predicted octanol–water partition coefficient (Wildman–Crippen LogP) is 8.11. The molecule has 0 amide bonds. The summed E-state index contributed by atoms with van der Waals surface area (Å²) in [5.41, 5.74) is 7.17. The van der Waals surface area contributed by atoms with Crippen molar-refractivity contribution in [3.8, 4) is 22.6 Å². The summed E-state index contributed by atoms with van der Waals surface area (Å²) < 4.78 is 11.7. The molecule has 1 aliphatic carbocycles. The zero-order valence-corrected chi connectivity index (χ0v) is 21.7. The summed E-state index contributed by atoms with van der Waals surface area (Å²) in [5, 5.41) is 9.24. The van der Waals surface area contributed by atoms with E-state index in [4.69, 9.17) is 9.47 Å². The highest BCUT2D eigenvalue weighted by Crippen LogP contribution is 2.47. The van der Waals surface area contributed by atoms with Crippen molar-refractivity contribution in [1.82, 2.24) is 0 Å².